The fraction of sp³-hybridized carbons (Fsp3) is 0.875. The zero-order valence-corrected chi connectivity index (χ0v) is 6.90. The van der Waals surface area contributed by atoms with Crippen molar-refractivity contribution in [3.05, 3.63) is 0 Å². The molecular weight excluding hydrogens is 158 g/mol. The lowest BCUT2D eigenvalue weighted by molar-refractivity contribution is 0.128. The van der Waals surface area contributed by atoms with Gasteiger partial charge in [0, 0.05) is 6.54 Å². The number of hydrogen-bond donors (Lipinski definition) is 1. The Labute approximate surface area is 71.1 Å². The summed E-state index contributed by atoms with van der Waals surface area (Å²) in [7, 11) is 0. The Morgan fingerprint density at radius 2 is 2.42 bits per heavy atom. The van der Waals surface area contributed by atoms with E-state index in [1.54, 1.807) is 4.90 Å². The Kier molecular flexibility index (Phi) is 1.92. The second kappa shape index (κ2) is 2.94. The summed E-state index contributed by atoms with van der Waals surface area (Å²) in [6, 6.07) is 0.240. The van der Waals surface area contributed by atoms with Crippen molar-refractivity contribution in [2.24, 2.45) is 0 Å². The summed E-state index contributed by atoms with van der Waals surface area (Å²) in [5, 5.41) is 8.71. The fourth-order valence-electron chi connectivity index (χ4n) is 2.10. The Morgan fingerprint density at radius 1 is 1.58 bits per heavy atom. The van der Waals surface area contributed by atoms with Gasteiger partial charge in [0.15, 0.2) is 0 Å². The quantitative estimate of drug-likeness (QED) is 0.652. The van der Waals surface area contributed by atoms with E-state index in [4.69, 9.17) is 9.84 Å². The first-order valence-electron chi connectivity index (χ1n) is 4.41. The Hall–Kier alpha value is -0.770. The molecule has 0 radical (unpaired) electrons. The summed E-state index contributed by atoms with van der Waals surface area (Å²) < 4.78 is 5.13. The van der Waals surface area contributed by atoms with Crippen molar-refractivity contribution in [3.8, 4) is 0 Å². The molecule has 12 heavy (non-hydrogen) atoms. The van der Waals surface area contributed by atoms with Crippen LogP contribution < -0.4 is 0 Å². The minimum atomic E-state index is -0.251. The van der Waals surface area contributed by atoms with Gasteiger partial charge in [0.25, 0.3) is 0 Å². The second-order valence-corrected chi connectivity index (χ2v) is 3.34. The molecule has 1 amide bonds. The number of hydrogen-bond acceptors (Lipinski definition) is 3. The number of aliphatic hydroxyl groups excluding tert-OH is 1. The molecule has 2 atom stereocenters. The molecule has 2 fully saturated rings. The molecular formula is C8H13NO3. The molecule has 1 saturated carbocycles. The average molecular weight is 171 g/mol. The van der Waals surface area contributed by atoms with Crippen LogP contribution in [0.25, 0.3) is 0 Å². The van der Waals surface area contributed by atoms with Gasteiger partial charge in [-0.25, -0.2) is 4.79 Å². The third kappa shape index (κ3) is 1.06. The van der Waals surface area contributed by atoms with Crippen LogP contribution in [0.15, 0.2) is 0 Å². The molecule has 4 heteroatoms. The average Bonchev–Trinajstić information content (AvgIpc) is 2.56. The third-order valence-electron chi connectivity index (χ3n) is 2.65. The minimum Gasteiger partial charge on any atom is -0.444 e. The molecule has 1 aliphatic heterocycles. The summed E-state index contributed by atoms with van der Waals surface area (Å²) in [6.07, 6.45) is 2.99. The number of carbonyl (C=O) groups excluding carboxylic acids is 1. The first-order valence-corrected chi connectivity index (χ1v) is 4.41. The van der Waals surface area contributed by atoms with Gasteiger partial charge in [-0.3, -0.25) is 4.90 Å². The highest BCUT2D eigenvalue weighted by Gasteiger charge is 2.43. The van der Waals surface area contributed by atoms with Gasteiger partial charge in [-0.15, -0.1) is 0 Å². The summed E-state index contributed by atoms with van der Waals surface area (Å²) >= 11 is 0. The van der Waals surface area contributed by atoms with E-state index in [0.29, 0.717) is 6.54 Å². The lowest BCUT2D eigenvalue weighted by Gasteiger charge is -2.18. The highest BCUT2D eigenvalue weighted by Crippen LogP contribution is 2.32. The largest absolute Gasteiger partial charge is 0.444 e. The summed E-state index contributed by atoms with van der Waals surface area (Å²) in [5.41, 5.74) is 0. The molecule has 1 heterocycles. The van der Waals surface area contributed by atoms with E-state index in [1.807, 2.05) is 0 Å². The number of carbonyl (C=O) groups is 1. The topological polar surface area (TPSA) is 49.8 Å². The maximum atomic E-state index is 11.2. The van der Waals surface area contributed by atoms with Gasteiger partial charge < -0.3 is 9.84 Å². The van der Waals surface area contributed by atoms with Crippen LogP contribution >= 0.6 is 0 Å². The molecule has 4 nitrogen and oxygen atoms in total. The minimum absolute atomic E-state index is 0.0261. The summed E-state index contributed by atoms with van der Waals surface area (Å²) in [5.74, 6) is 0. The van der Waals surface area contributed by atoms with Crippen molar-refractivity contribution in [3.63, 3.8) is 0 Å². The predicted molar refractivity (Wildman–Crippen MR) is 41.7 cm³/mol. The standard InChI is InChI=1S/C8H13NO3/c10-5-4-9-6-2-1-3-7(6)12-8(9)11/h6-7,10H,1-5H2. The zero-order valence-electron chi connectivity index (χ0n) is 6.90. The monoisotopic (exact) mass is 171 g/mol. The van der Waals surface area contributed by atoms with Crippen LogP contribution in [-0.2, 0) is 4.74 Å². The van der Waals surface area contributed by atoms with Crippen LogP contribution in [0.5, 0.6) is 0 Å². The number of β-amino-alcohol motifs (C(OH)–C–C–N with tert-alkyl or cyclic N) is 1. The van der Waals surface area contributed by atoms with Crippen molar-refractivity contribution >= 4 is 6.09 Å². The lowest BCUT2D eigenvalue weighted by Crippen LogP contribution is -2.35. The van der Waals surface area contributed by atoms with E-state index < -0.39 is 0 Å². The van der Waals surface area contributed by atoms with Crippen molar-refractivity contribution < 1.29 is 14.6 Å². The molecule has 2 aliphatic rings. The molecule has 1 N–H and O–H groups in total. The smallest absolute Gasteiger partial charge is 0.410 e. The van der Waals surface area contributed by atoms with Crippen molar-refractivity contribution in [2.45, 2.75) is 31.4 Å². The molecule has 0 aromatic rings. The summed E-state index contributed by atoms with van der Waals surface area (Å²) in [6.45, 7) is 0.443. The normalized spacial score (nSPS) is 33.8. The van der Waals surface area contributed by atoms with Gasteiger partial charge in [-0.1, -0.05) is 0 Å². The van der Waals surface area contributed by atoms with Crippen LogP contribution in [-0.4, -0.2) is 41.4 Å². The number of amides is 1. The first-order chi connectivity index (χ1) is 5.83. The number of fused-ring (bicyclic) bond motifs is 1. The molecule has 68 valence electrons. The van der Waals surface area contributed by atoms with E-state index >= 15 is 0 Å². The number of aliphatic hydroxyl groups is 1. The Balaban J connectivity index is 2.05. The van der Waals surface area contributed by atoms with E-state index in [9.17, 15) is 4.79 Å². The molecule has 1 saturated heterocycles. The first kappa shape index (κ1) is 7.86. The molecule has 2 unspecified atom stereocenters. The van der Waals surface area contributed by atoms with Gasteiger partial charge in [0.1, 0.15) is 6.10 Å². The van der Waals surface area contributed by atoms with Gasteiger partial charge >= 0.3 is 6.09 Å². The van der Waals surface area contributed by atoms with Crippen molar-refractivity contribution in [1.29, 1.82) is 0 Å². The van der Waals surface area contributed by atoms with Crippen LogP contribution in [0, 0.1) is 0 Å². The Bertz CT molecular complexity index is 195. The maximum Gasteiger partial charge on any atom is 0.410 e. The van der Waals surface area contributed by atoms with Gasteiger partial charge in [0.05, 0.1) is 12.6 Å². The SMILES string of the molecule is O=C1OC2CCCC2N1CCO. The van der Waals surface area contributed by atoms with Gasteiger partial charge in [-0.2, -0.15) is 0 Å². The van der Waals surface area contributed by atoms with E-state index in [-0.39, 0.29) is 24.8 Å². The van der Waals surface area contributed by atoms with Crippen LogP contribution in [0.4, 0.5) is 4.79 Å². The van der Waals surface area contributed by atoms with Crippen LogP contribution in [0.1, 0.15) is 19.3 Å². The third-order valence-corrected chi connectivity index (χ3v) is 2.65. The number of rotatable bonds is 2. The molecule has 1 aliphatic carbocycles. The Morgan fingerprint density at radius 3 is 3.17 bits per heavy atom. The van der Waals surface area contributed by atoms with Crippen LogP contribution in [0.3, 0.4) is 0 Å². The number of nitrogens with zero attached hydrogens (tertiary/aromatic N) is 1. The maximum absolute atomic E-state index is 11.2. The second-order valence-electron chi connectivity index (χ2n) is 3.34. The van der Waals surface area contributed by atoms with E-state index in [1.165, 1.54) is 0 Å². The highest BCUT2D eigenvalue weighted by molar-refractivity contribution is 5.70. The van der Waals surface area contributed by atoms with Gasteiger partial charge in [0.2, 0.25) is 0 Å². The van der Waals surface area contributed by atoms with E-state index in [2.05, 4.69) is 0 Å². The van der Waals surface area contributed by atoms with E-state index in [0.717, 1.165) is 19.3 Å². The lowest BCUT2D eigenvalue weighted by atomic mass is 10.2. The number of ether oxygens (including phenoxy) is 1. The zero-order chi connectivity index (χ0) is 8.55. The van der Waals surface area contributed by atoms with Gasteiger partial charge in [-0.05, 0) is 19.3 Å². The van der Waals surface area contributed by atoms with Crippen LogP contribution in [0.2, 0.25) is 0 Å². The molecule has 0 aromatic carbocycles. The van der Waals surface area contributed by atoms with Crippen molar-refractivity contribution in [1.82, 2.24) is 4.90 Å². The summed E-state index contributed by atoms with van der Waals surface area (Å²) in [4.78, 5) is 12.8. The fourth-order valence-corrected chi connectivity index (χ4v) is 2.10. The predicted octanol–water partition coefficient (Wildman–Crippen LogP) is 0.352. The molecule has 0 aromatic heterocycles. The molecule has 0 spiro atoms. The highest BCUT2D eigenvalue weighted by atomic mass is 16.6. The molecule has 2 rings (SSSR count). The molecule has 0 bridgehead atoms. The van der Waals surface area contributed by atoms with Crippen molar-refractivity contribution in [2.75, 3.05) is 13.2 Å².